The fraction of sp³-hybridized carbons (Fsp3) is 0. The lowest BCUT2D eigenvalue weighted by Gasteiger charge is -2.11. The predicted octanol–water partition coefficient (Wildman–Crippen LogP) is 11.6. The molecule has 0 spiro atoms. The molecular formula is C47H28N6O2. The lowest BCUT2D eigenvalue weighted by atomic mass is 10.1. The Morgan fingerprint density at radius 3 is 1.29 bits per heavy atom. The maximum atomic E-state index is 6.13. The molecule has 0 saturated heterocycles. The number of para-hydroxylation sites is 2. The van der Waals surface area contributed by atoms with Crippen LogP contribution < -0.4 is 0 Å². The molecule has 4 aromatic heterocycles. The highest BCUT2D eigenvalue weighted by molar-refractivity contribution is 6.09. The minimum absolute atomic E-state index is 0.513. The van der Waals surface area contributed by atoms with Gasteiger partial charge in [-0.2, -0.15) is 0 Å². The van der Waals surface area contributed by atoms with E-state index in [1.165, 1.54) is 10.8 Å². The van der Waals surface area contributed by atoms with Crippen LogP contribution in [0.4, 0.5) is 0 Å². The van der Waals surface area contributed by atoms with Crippen molar-refractivity contribution in [3.8, 4) is 62.8 Å². The Hall–Kier alpha value is -7.71. The van der Waals surface area contributed by atoms with Crippen molar-refractivity contribution < 1.29 is 8.83 Å². The number of rotatable bonds is 6. The Labute approximate surface area is 314 Å². The third kappa shape index (κ3) is 5.35. The van der Waals surface area contributed by atoms with Crippen molar-refractivity contribution >= 4 is 44.0 Å². The summed E-state index contributed by atoms with van der Waals surface area (Å²) in [5, 5.41) is 2.40. The maximum Gasteiger partial charge on any atom is 0.227 e. The van der Waals surface area contributed by atoms with Crippen LogP contribution in [0.5, 0.6) is 0 Å². The zero-order valence-corrected chi connectivity index (χ0v) is 29.2. The zero-order chi connectivity index (χ0) is 36.3. The quantitative estimate of drug-likeness (QED) is 0.170. The van der Waals surface area contributed by atoms with E-state index in [2.05, 4.69) is 71.3 Å². The Morgan fingerprint density at radius 2 is 0.782 bits per heavy atom. The van der Waals surface area contributed by atoms with Gasteiger partial charge in [0, 0.05) is 44.3 Å². The van der Waals surface area contributed by atoms with Crippen LogP contribution in [0.25, 0.3) is 107 Å². The molecule has 0 radical (unpaired) electrons. The largest absolute Gasteiger partial charge is 0.436 e. The molecule has 258 valence electrons. The molecule has 0 aliphatic rings. The standard InChI is InChI=1S/C47H28N6O2/c1-3-12-29(13-4-1)46-48-37-27-32(22-24-41(37)54-46)44-50-43(51-45(52-44)33-23-25-42-38(28-33)49-47(55-42)30-14-5-2-6-15-30)31-16-11-17-34(26-31)53-39-20-9-7-18-35(39)36-19-8-10-21-40(36)53/h1-28H. The molecule has 4 heterocycles. The fourth-order valence-corrected chi connectivity index (χ4v) is 7.29. The van der Waals surface area contributed by atoms with Crippen LogP contribution >= 0.6 is 0 Å². The second-order valence-corrected chi connectivity index (χ2v) is 13.4. The van der Waals surface area contributed by atoms with Crippen molar-refractivity contribution in [2.75, 3.05) is 0 Å². The molecule has 11 aromatic rings. The van der Waals surface area contributed by atoms with Crippen LogP contribution in [-0.4, -0.2) is 29.5 Å². The molecule has 11 rings (SSSR count). The highest BCUT2D eigenvalue weighted by Crippen LogP contribution is 2.35. The maximum absolute atomic E-state index is 6.13. The number of benzene rings is 7. The van der Waals surface area contributed by atoms with E-state index in [1.54, 1.807) is 0 Å². The monoisotopic (exact) mass is 708 g/mol. The van der Waals surface area contributed by atoms with Crippen molar-refractivity contribution in [2.45, 2.75) is 0 Å². The van der Waals surface area contributed by atoms with Crippen LogP contribution in [0, 0.1) is 0 Å². The smallest absolute Gasteiger partial charge is 0.227 e. The van der Waals surface area contributed by atoms with Crippen molar-refractivity contribution in [1.82, 2.24) is 29.5 Å². The molecule has 0 saturated carbocycles. The summed E-state index contributed by atoms with van der Waals surface area (Å²) in [7, 11) is 0. The summed E-state index contributed by atoms with van der Waals surface area (Å²) in [4.78, 5) is 24.9. The number of nitrogens with zero attached hydrogens (tertiary/aromatic N) is 6. The number of hydrogen-bond donors (Lipinski definition) is 0. The molecule has 8 nitrogen and oxygen atoms in total. The summed E-state index contributed by atoms with van der Waals surface area (Å²) in [5.74, 6) is 2.68. The first-order chi connectivity index (χ1) is 27.2. The fourth-order valence-electron chi connectivity index (χ4n) is 7.29. The van der Waals surface area contributed by atoms with Crippen LogP contribution in [0.1, 0.15) is 0 Å². The highest BCUT2D eigenvalue weighted by Gasteiger charge is 2.18. The number of oxazole rings is 2. The van der Waals surface area contributed by atoms with Gasteiger partial charge in [0.05, 0.1) is 11.0 Å². The van der Waals surface area contributed by atoms with Gasteiger partial charge in [-0.3, -0.25) is 0 Å². The molecule has 0 aliphatic carbocycles. The van der Waals surface area contributed by atoms with E-state index < -0.39 is 0 Å². The number of fused-ring (bicyclic) bond motifs is 5. The molecule has 0 aliphatic heterocycles. The molecule has 0 N–H and O–H groups in total. The average molecular weight is 709 g/mol. The molecule has 0 amide bonds. The second kappa shape index (κ2) is 12.5. The van der Waals surface area contributed by atoms with Gasteiger partial charge in [0.2, 0.25) is 11.8 Å². The van der Waals surface area contributed by atoms with Crippen molar-refractivity contribution in [3.63, 3.8) is 0 Å². The van der Waals surface area contributed by atoms with Crippen molar-refractivity contribution in [2.24, 2.45) is 0 Å². The third-order valence-electron chi connectivity index (χ3n) is 9.91. The van der Waals surface area contributed by atoms with E-state index in [1.807, 2.05) is 103 Å². The topological polar surface area (TPSA) is 95.7 Å². The van der Waals surface area contributed by atoms with E-state index in [0.717, 1.165) is 44.5 Å². The molecule has 7 aromatic carbocycles. The van der Waals surface area contributed by atoms with Crippen LogP contribution in [-0.2, 0) is 0 Å². The lowest BCUT2D eigenvalue weighted by Crippen LogP contribution is -2.01. The van der Waals surface area contributed by atoms with E-state index in [-0.39, 0.29) is 0 Å². The summed E-state index contributed by atoms with van der Waals surface area (Å²) in [6.45, 7) is 0. The SMILES string of the molecule is c1ccc(-c2nc3cc(-c4nc(-c5cccc(-n6c7ccccc7c7ccccc76)c5)nc(-c5ccc6oc(-c7ccccc7)nc6c5)n4)ccc3o2)cc1. The first-order valence-corrected chi connectivity index (χ1v) is 18.0. The van der Waals surface area contributed by atoms with Gasteiger partial charge < -0.3 is 13.4 Å². The zero-order valence-electron chi connectivity index (χ0n) is 29.2. The van der Waals surface area contributed by atoms with Crippen molar-refractivity contribution in [1.29, 1.82) is 0 Å². The minimum atomic E-state index is 0.513. The summed E-state index contributed by atoms with van der Waals surface area (Å²) in [6, 6.07) is 56.8. The van der Waals surface area contributed by atoms with Crippen molar-refractivity contribution in [3.05, 3.63) is 170 Å². The minimum Gasteiger partial charge on any atom is -0.436 e. The highest BCUT2D eigenvalue weighted by atomic mass is 16.4. The lowest BCUT2D eigenvalue weighted by molar-refractivity contribution is 0.619. The molecule has 0 bridgehead atoms. The normalized spacial score (nSPS) is 11.6. The van der Waals surface area contributed by atoms with E-state index in [9.17, 15) is 0 Å². The Balaban J connectivity index is 1.07. The Morgan fingerprint density at radius 1 is 0.345 bits per heavy atom. The van der Waals surface area contributed by atoms with Gasteiger partial charge in [0.1, 0.15) is 11.0 Å². The second-order valence-electron chi connectivity index (χ2n) is 13.4. The summed E-state index contributed by atoms with van der Waals surface area (Å²) in [5.41, 5.74) is 10.3. The number of hydrogen-bond acceptors (Lipinski definition) is 7. The first-order valence-electron chi connectivity index (χ1n) is 18.0. The Kier molecular flexibility index (Phi) is 6.99. The first kappa shape index (κ1) is 30.9. The third-order valence-corrected chi connectivity index (χ3v) is 9.91. The van der Waals surface area contributed by atoms with Gasteiger partial charge in [0.25, 0.3) is 0 Å². The van der Waals surface area contributed by atoms with Gasteiger partial charge in [0.15, 0.2) is 28.6 Å². The van der Waals surface area contributed by atoms with E-state index >= 15 is 0 Å². The Bertz CT molecular complexity index is 3030. The van der Waals surface area contributed by atoms with Crippen LogP contribution in [0.3, 0.4) is 0 Å². The number of aromatic nitrogens is 6. The summed E-state index contributed by atoms with van der Waals surface area (Å²) < 4.78 is 14.6. The van der Waals surface area contributed by atoms with Gasteiger partial charge in [-0.15, -0.1) is 0 Å². The molecule has 8 heteroatoms. The van der Waals surface area contributed by atoms with Crippen LogP contribution in [0.15, 0.2) is 179 Å². The van der Waals surface area contributed by atoms with Gasteiger partial charge in [-0.1, -0.05) is 84.9 Å². The summed E-state index contributed by atoms with van der Waals surface area (Å²) in [6.07, 6.45) is 0. The molecular weight excluding hydrogens is 681 g/mol. The van der Waals surface area contributed by atoms with Gasteiger partial charge >= 0.3 is 0 Å². The van der Waals surface area contributed by atoms with E-state index in [0.29, 0.717) is 51.5 Å². The molecule has 0 unspecified atom stereocenters. The van der Waals surface area contributed by atoms with E-state index in [4.69, 9.17) is 33.8 Å². The predicted molar refractivity (Wildman–Crippen MR) is 216 cm³/mol. The molecule has 0 atom stereocenters. The van der Waals surface area contributed by atoms with Gasteiger partial charge in [-0.05, 0) is 84.9 Å². The molecule has 55 heavy (non-hydrogen) atoms. The average Bonchev–Trinajstić information content (AvgIpc) is 3.98. The van der Waals surface area contributed by atoms with Gasteiger partial charge in [-0.25, -0.2) is 24.9 Å². The molecule has 0 fully saturated rings. The van der Waals surface area contributed by atoms with Crippen LogP contribution in [0.2, 0.25) is 0 Å². The summed E-state index contributed by atoms with van der Waals surface area (Å²) >= 11 is 0.